The molecule has 1 atom stereocenters. The van der Waals surface area contributed by atoms with E-state index in [0.29, 0.717) is 18.2 Å². The van der Waals surface area contributed by atoms with Crippen LogP contribution in [0.15, 0.2) is 29.7 Å². The minimum absolute atomic E-state index is 0.132. The highest BCUT2D eigenvalue weighted by molar-refractivity contribution is 7.80. The fourth-order valence-corrected chi connectivity index (χ4v) is 3.01. The van der Waals surface area contributed by atoms with Gasteiger partial charge in [0.15, 0.2) is 0 Å². The number of thiol groups is 1. The summed E-state index contributed by atoms with van der Waals surface area (Å²) in [4.78, 5) is 25.1. The van der Waals surface area contributed by atoms with E-state index < -0.39 is 4.92 Å². The second-order valence-corrected chi connectivity index (χ2v) is 6.24. The number of hydrogen-bond acceptors (Lipinski definition) is 5. The normalized spacial score (nSPS) is 17.9. The van der Waals surface area contributed by atoms with Gasteiger partial charge in [-0.25, -0.2) is 0 Å². The quantitative estimate of drug-likeness (QED) is 0.362. The second kappa shape index (κ2) is 7.61. The Bertz CT molecular complexity index is 633. The summed E-state index contributed by atoms with van der Waals surface area (Å²) in [6.07, 6.45) is 3.25. The molecule has 1 fully saturated rings. The SMILES string of the molecule is C=C(C(=O)NCCC1CCCN1C)c1ccc(S)c([N+](=O)[O-])c1. The molecule has 7 heteroatoms. The van der Waals surface area contributed by atoms with Crippen LogP contribution >= 0.6 is 12.6 Å². The number of nitro groups is 1. The topological polar surface area (TPSA) is 75.5 Å². The van der Waals surface area contributed by atoms with Gasteiger partial charge in [0.25, 0.3) is 11.6 Å². The molecule has 6 nitrogen and oxygen atoms in total. The molecule has 1 amide bonds. The number of likely N-dealkylation sites (tertiary alicyclic amines) is 1. The highest BCUT2D eigenvalue weighted by atomic mass is 32.1. The minimum Gasteiger partial charge on any atom is -0.352 e. The van der Waals surface area contributed by atoms with Crippen molar-refractivity contribution >= 4 is 29.8 Å². The Labute approximate surface area is 141 Å². The van der Waals surface area contributed by atoms with Crippen molar-refractivity contribution < 1.29 is 9.72 Å². The first kappa shape index (κ1) is 17.5. The molecule has 0 bridgehead atoms. The van der Waals surface area contributed by atoms with Crippen LogP contribution in [-0.2, 0) is 4.79 Å². The van der Waals surface area contributed by atoms with Crippen molar-refractivity contribution in [3.63, 3.8) is 0 Å². The third-order valence-corrected chi connectivity index (χ3v) is 4.61. The number of rotatable bonds is 6. The molecule has 0 radical (unpaired) electrons. The van der Waals surface area contributed by atoms with Crippen molar-refractivity contribution in [3.8, 4) is 0 Å². The highest BCUT2D eigenvalue weighted by Crippen LogP contribution is 2.26. The van der Waals surface area contributed by atoms with Gasteiger partial charge in [0.05, 0.1) is 9.82 Å². The molecule has 2 rings (SSSR count). The molecule has 1 saturated heterocycles. The van der Waals surface area contributed by atoms with Crippen LogP contribution in [-0.4, -0.2) is 41.9 Å². The van der Waals surface area contributed by atoms with Gasteiger partial charge in [-0.2, -0.15) is 0 Å². The lowest BCUT2D eigenvalue weighted by atomic mass is 10.1. The van der Waals surface area contributed by atoms with Crippen LogP contribution in [0, 0.1) is 10.1 Å². The van der Waals surface area contributed by atoms with Crippen molar-refractivity contribution in [3.05, 3.63) is 40.5 Å². The van der Waals surface area contributed by atoms with Crippen LogP contribution in [0.2, 0.25) is 0 Å². The third kappa shape index (κ3) is 4.33. The number of nitrogens with zero attached hydrogens (tertiary/aromatic N) is 2. The Morgan fingerprint density at radius 3 is 2.91 bits per heavy atom. The molecule has 1 aliphatic heterocycles. The first-order valence-corrected chi connectivity index (χ1v) is 8.00. The summed E-state index contributed by atoms with van der Waals surface area (Å²) in [7, 11) is 2.09. The van der Waals surface area contributed by atoms with Crippen LogP contribution < -0.4 is 5.32 Å². The van der Waals surface area contributed by atoms with Gasteiger partial charge in [-0.1, -0.05) is 12.6 Å². The van der Waals surface area contributed by atoms with Crippen molar-refractivity contribution in [1.82, 2.24) is 10.2 Å². The number of carbonyl (C=O) groups excluding carboxylic acids is 1. The Kier molecular flexibility index (Phi) is 5.79. The number of nitrogens with one attached hydrogen (secondary N) is 1. The average Bonchev–Trinajstić information content (AvgIpc) is 2.92. The van der Waals surface area contributed by atoms with Crippen LogP contribution in [0.25, 0.3) is 5.57 Å². The van der Waals surface area contributed by atoms with Gasteiger partial charge in [0.1, 0.15) is 0 Å². The summed E-state index contributed by atoms with van der Waals surface area (Å²) in [5, 5.41) is 13.8. The second-order valence-electron chi connectivity index (χ2n) is 5.76. The van der Waals surface area contributed by atoms with E-state index >= 15 is 0 Å². The zero-order chi connectivity index (χ0) is 17.0. The first-order chi connectivity index (χ1) is 10.9. The molecular formula is C16H21N3O3S. The summed E-state index contributed by atoms with van der Waals surface area (Å²) in [5.74, 6) is -0.299. The van der Waals surface area contributed by atoms with E-state index in [2.05, 4.69) is 36.5 Å². The maximum atomic E-state index is 12.2. The summed E-state index contributed by atoms with van der Waals surface area (Å²) in [5.41, 5.74) is 0.526. The smallest absolute Gasteiger partial charge is 0.283 e. The van der Waals surface area contributed by atoms with E-state index in [1.54, 1.807) is 6.07 Å². The first-order valence-electron chi connectivity index (χ1n) is 7.55. The van der Waals surface area contributed by atoms with Crippen LogP contribution in [0.5, 0.6) is 0 Å². The molecule has 1 aromatic carbocycles. The molecule has 0 aliphatic carbocycles. The van der Waals surface area contributed by atoms with E-state index in [0.717, 1.165) is 19.4 Å². The zero-order valence-corrected chi connectivity index (χ0v) is 14.0. The summed E-state index contributed by atoms with van der Waals surface area (Å²) < 4.78 is 0. The summed E-state index contributed by atoms with van der Waals surface area (Å²) in [6, 6.07) is 4.95. The highest BCUT2D eigenvalue weighted by Gasteiger charge is 2.21. The fraction of sp³-hybridized carbons (Fsp3) is 0.438. The van der Waals surface area contributed by atoms with Gasteiger partial charge in [-0.05, 0) is 44.5 Å². The molecule has 23 heavy (non-hydrogen) atoms. The molecule has 1 N–H and O–H groups in total. The molecule has 0 aromatic heterocycles. The molecular weight excluding hydrogens is 314 g/mol. The predicted octanol–water partition coefficient (Wildman–Crippen LogP) is 2.50. The van der Waals surface area contributed by atoms with E-state index in [-0.39, 0.29) is 22.1 Å². The summed E-state index contributed by atoms with van der Waals surface area (Å²) >= 11 is 4.04. The lowest BCUT2D eigenvalue weighted by molar-refractivity contribution is -0.387. The Hall–Kier alpha value is -1.86. The lowest BCUT2D eigenvalue weighted by Gasteiger charge is -2.19. The number of nitro benzene ring substituents is 1. The van der Waals surface area contributed by atoms with Gasteiger partial charge >= 0.3 is 0 Å². The monoisotopic (exact) mass is 335 g/mol. The standard InChI is InChI=1S/C16H21N3O3S/c1-11(12-5-6-15(23)14(10-12)19(21)22)16(20)17-8-7-13-4-3-9-18(13)2/h5-6,10,13,23H,1,3-4,7-9H2,2H3,(H,17,20). The number of hydrogen-bond donors (Lipinski definition) is 2. The van der Waals surface area contributed by atoms with Gasteiger partial charge in [-0.3, -0.25) is 14.9 Å². The maximum absolute atomic E-state index is 12.2. The molecule has 1 aromatic rings. The van der Waals surface area contributed by atoms with Gasteiger partial charge < -0.3 is 10.2 Å². The third-order valence-electron chi connectivity index (χ3n) is 4.23. The van der Waals surface area contributed by atoms with Crippen LogP contribution in [0.3, 0.4) is 0 Å². The Morgan fingerprint density at radius 1 is 1.57 bits per heavy atom. The largest absolute Gasteiger partial charge is 0.352 e. The Balaban J connectivity index is 1.93. The molecule has 1 heterocycles. The van der Waals surface area contributed by atoms with E-state index in [9.17, 15) is 14.9 Å². The average molecular weight is 335 g/mol. The summed E-state index contributed by atoms with van der Waals surface area (Å²) in [6.45, 7) is 5.42. The molecule has 0 saturated carbocycles. The molecule has 1 aliphatic rings. The number of benzene rings is 1. The fourth-order valence-electron chi connectivity index (χ4n) is 2.79. The van der Waals surface area contributed by atoms with Gasteiger partial charge in [0.2, 0.25) is 0 Å². The van der Waals surface area contributed by atoms with E-state index in [1.807, 2.05) is 0 Å². The van der Waals surface area contributed by atoms with E-state index in [1.165, 1.54) is 18.6 Å². The van der Waals surface area contributed by atoms with Gasteiger partial charge in [-0.15, -0.1) is 12.6 Å². The van der Waals surface area contributed by atoms with Gasteiger partial charge in [0, 0.05) is 24.2 Å². The zero-order valence-electron chi connectivity index (χ0n) is 13.1. The van der Waals surface area contributed by atoms with Crippen LogP contribution in [0.1, 0.15) is 24.8 Å². The van der Waals surface area contributed by atoms with Crippen molar-refractivity contribution in [2.24, 2.45) is 0 Å². The minimum atomic E-state index is -0.521. The predicted molar refractivity (Wildman–Crippen MR) is 92.7 cm³/mol. The molecule has 124 valence electrons. The van der Waals surface area contributed by atoms with E-state index in [4.69, 9.17) is 0 Å². The Morgan fingerprint density at radius 2 is 2.30 bits per heavy atom. The van der Waals surface area contributed by atoms with Crippen molar-refractivity contribution in [1.29, 1.82) is 0 Å². The number of carbonyl (C=O) groups is 1. The van der Waals surface area contributed by atoms with Crippen LogP contribution in [0.4, 0.5) is 5.69 Å². The molecule has 1 unspecified atom stereocenters. The lowest BCUT2D eigenvalue weighted by Crippen LogP contribution is -2.32. The maximum Gasteiger partial charge on any atom is 0.283 e. The van der Waals surface area contributed by atoms with Crippen molar-refractivity contribution in [2.75, 3.05) is 20.1 Å². The molecule has 0 spiro atoms. The number of amides is 1. The van der Waals surface area contributed by atoms with Crippen molar-refractivity contribution in [2.45, 2.75) is 30.2 Å².